The number of hydrogen-bond acceptors (Lipinski definition) is 5. The number of pyridine rings is 1. The summed E-state index contributed by atoms with van der Waals surface area (Å²) in [7, 11) is 3.86. The molecule has 0 N–H and O–H groups in total. The summed E-state index contributed by atoms with van der Waals surface area (Å²) in [4.78, 5) is 25.7. The summed E-state index contributed by atoms with van der Waals surface area (Å²) < 4.78 is 1.94. The Morgan fingerprint density at radius 1 is 1.07 bits per heavy atom. The van der Waals surface area contributed by atoms with Crippen LogP contribution in [0.25, 0.3) is 0 Å². The zero-order valence-electron chi connectivity index (χ0n) is 16.2. The van der Waals surface area contributed by atoms with Gasteiger partial charge in [0, 0.05) is 46.2 Å². The lowest BCUT2D eigenvalue weighted by Crippen LogP contribution is -2.33. The SMILES string of the molecule is CN(C)c1ccc(C(=O)N2CCc3nc(Cc4ccccc4)nn3CC2)cn1. The Morgan fingerprint density at radius 2 is 1.89 bits per heavy atom. The molecule has 0 radical (unpaired) electrons. The highest BCUT2D eigenvalue weighted by atomic mass is 16.2. The summed E-state index contributed by atoms with van der Waals surface area (Å²) in [6.07, 6.45) is 3.08. The predicted molar refractivity (Wildman–Crippen MR) is 107 cm³/mol. The lowest BCUT2D eigenvalue weighted by molar-refractivity contribution is 0.0758. The number of carbonyl (C=O) groups excluding carboxylic acids is 1. The van der Waals surface area contributed by atoms with Gasteiger partial charge in [-0.15, -0.1) is 0 Å². The van der Waals surface area contributed by atoms with Gasteiger partial charge in [-0.1, -0.05) is 30.3 Å². The Labute approximate surface area is 164 Å². The highest BCUT2D eigenvalue weighted by Gasteiger charge is 2.22. The van der Waals surface area contributed by atoms with Crippen molar-refractivity contribution in [2.24, 2.45) is 0 Å². The fourth-order valence-corrected chi connectivity index (χ4v) is 3.37. The van der Waals surface area contributed by atoms with Crippen molar-refractivity contribution in [3.63, 3.8) is 0 Å². The van der Waals surface area contributed by atoms with E-state index in [1.807, 2.05) is 58.9 Å². The number of rotatable bonds is 4. The van der Waals surface area contributed by atoms with Gasteiger partial charge in [-0.3, -0.25) is 4.79 Å². The van der Waals surface area contributed by atoms with Gasteiger partial charge in [0.25, 0.3) is 5.91 Å². The van der Waals surface area contributed by atoms with Crippen LogP contribution >= 0.6 is 0 Å². The van der Waals surface area contributed by atoms with Gasteiger partial charge in [0.1, 0.15) is 11.6 Å². The number of anilines is 1. The van der Waals surface area contributed by atoms with Crippen molar-refractivity contribution < 1.29 is 4.79 Å². The number of carbonyl (C=O) groups is 1. The van der Waals surface area contributed by atoms with Gasteiger partial charge in [0.15, 0.2) is 5.82 Å². The number of aromatic nitrogens is 4. The van der Waals surface area contributed by atoms with Crippen LogP contribution in [-0.4, -0.2) is 57.7 Å². The van der Waals surface area contributed by atoms with Crippen molar-refractivity contribution in [2.45, 2.75) is 19.4 Å². The van der Waals surface area contributed by atoms with Crippen LogP contribution in [0.1, 0.15) is 27.6 Å². The first-order valence-electron chi connectivity index (χ1n) is 9.49. The van der Waals surface area contributed by atoms with Crippen molar-refractivity contribution in [3.05, 3.63) is 71.4 Å². The third kappa shape index (κ3) is 3.88. The fourth-order valence-electron chi connectivity index (χ4n) is 3.37. The summed E-state index contributed by atoms with van der Waals surface area (Å²) in [5.41, 5.74) is 1.82. The van der Waals surface area contributed by atoms with Crippen LogP contribution in [0.4, 0.5) is 5.82 Å². The Hall–Kier alpha value is -3.22. The molecule has 1 aromatic carbocycles. The van der Waals surface area contributed by atoms with E-state index in [9.17, 15) is 4.79 Å². The van der Waals surface area contributed by atoms with Crippen molar-refractivity contribution in [2.75, 3.05) is 32.1 Å². The maximum atomic E-state index is 12.8. The molecule has 1 aliphatic rings. The number of benzene rings is 1. The largest absolute Gasteiger partial charge is 0.363 e. The van der Waals surface area contributed by atoms with Gasteiger partial charge >= 0.3 is 0 Å². The van der Waals surface area contributed by atoms with Crippen LogP contribution in [0, 0.1) is 0 Å². The van der Waals surface area contributed by atoms with E-state index in [1.54, 1.807) is 6.20 Å². The topological polar surface area (TPSA) is 67.2 Å². The summed E-state index contributed by atoms with van der Waals surface area (Å²) in [6.45, 7) is 1.92. The van der Waals surface area contributed by atoms with Crippen LogP contribution in [0.15, 0.2) is 48.7 Å². The molecule has 0 unspecified atom stereocenters. The molecule has 7 heteroatoms. The van der Waals surface area contributed by atoms with Gasteiger partial charge in [-0.2, -0.15) is 5.10 Å². The van der Waals surface area contributed by atoms with Crippen LogP contribution in [-0.2, 0) is 19.4 Å². The number of fused-ring (bicyclic) bond motifs is 1. The first-order chi connectivity index (χ1) is 13.6. The highest BCUT2D eigenvalue weighted by molar-refractivity contribution is 5.94. The molecule has 4 rings (SSSR count). The van der Waals surface area contributed by atoms with Gasteiger partial charge < -0.3 is 9.80 Å². The third-order valence-corrected chi connectivity index (χ3v) is 4.92. The normalized spacial score (nSPS) is 13.7. The van der Waals surface area contributed by atoms with Crippen LogP contribution in [0.3, 0.4) is 0 Å². The monoisotopic (exact) mass is 376 g/mol. The summed E-state index contributed by atoms with van der Waals surface area (Å²) in [5.74, 6) is 2.63. The Bertz CT molecular complexity index is 923. The zero-order chi connectivity index (χ0) is 19.5. The Morgan fingerprint density at radius 3 is 2.61 bits per heavy atom. The van der Waals surface area contributed by atoms with Crippen molar-refractivity contribution in [3.8, 4) is 0 Å². The minimum absolute atomic E-state index is 0.00747. The molecule has 0 aliphatic carbocycles. The number of hydrogen-bond donors (Lipinski definition) is 0. The minimum atomic E-state index is 0.00747. The Balaban J connectivity index is 1.42. The molecule has 144 valence electrons. The second-order valence-electron chi connectivity index (χ2n) is 7.17. The molecule has 2 aromatic heterocycles. The standard InChI is InChI=1S/C21H24N6O/c1-25(2)19-9-8-17(15-22-19)21(28)26-11-10-20-23-18(24-27(20)13-12-26)14-16-6-4-3-5-7-16/h3-9,15H,10-14H2,1-2H3. The van der Waals surface area contributed by atoms with E-state index in [0.29, 0.717) is 31.6 Å². The smallest absolute Gasteiger partial charge is 0.255 e. The predicted octanol–water partition coefficient (Wildman–Crippen LogP) is 2.03. The molecule has 0 bridgehead atoms. The minimum Gasteiger partial charge on any atom is -0.363 e. The summed E-state index contributed by atoms with van der Waals surface area (Å²) in [5, 5.41) is 4.65. The van der Waals surface area contributed by atoms with Crippen LogP contribution in [0.2, 0.25) is 0 Å². The number of amides is 1. The van der Waals surface area contributed by atoms with Crippen molar-refractivity contribution in [1.82, 2.24) is 24.6 Å². The molecule has 0 spiro atoms. The first-order valence-corrected chi connectivity index (χ1v) is 9.49. The maximum Gasteiger partial charge on any atom is 0.255 e. The van der Waals surface area contributed by atoms with Crippen LogP contribution in [0.5, 0.6) is 0 Å². The molecule has 28 heavy (non-hydrogen) atoms. The van der Waals surface area contributed by atoms with E-state index in [0.717, 1.165) is 23.9 Å². The molecule has 0 saturated heterocycles. The quantitative estimate of drug-likeness (QED) is 0.697. The molecular weight excluding hydrogens is 352 g/mol. The molecule has 1 aliphatic heterocycles. The third-order valence-electron chi connectivity index (χ3n) is 4.92. The molecule has 7 nitrogen and oxygen atoms in total. The van der Waals surface area contributed by atoms with E-state index in [2.05, 4.69) is 22.2 Å². The molecule has 0 fully saturated rings. The molecule has 3 aromatic rings. The van der Waals surface area contributed by atoms with E-state index < -0.39 is 0 Å². The van der Waals surface area contributed by atoms with E-state index >= 15 is 0 Å². The lowest BCUT2D eigenvalue weighted by Gasteiger charge is -2.20. The molecule has 1 amide bonds. The van der Waals surface area contributed by atoms with Gasteiger partial charge in [-0.05, 0) is 17.7 Å². The fraction of sp³-hybridized carbons (Fsp3) is 0.333. The Kier molecular flexibility index (Phi) is 5.06. The molecule has 0 atom stereocenters. The average Bonchev–Trinajstić information content (AvgIpc) is 2.99. The van der Waals surface area contributed by atoms with Gasteiger partial charge in [-0.25, -0.2) is 14.6 Å². The average molecular weight is 376 g/mol. The van der Waals surface area contributed by atoms with E-state index in [-0.39, 0.29) is 5.91 Å². The van der Waals surface area contributed by atoms with Gasteiger partial charge in [0.05, 0.1) is 12.1 Å². The van der Waals surface area contributed by atoms with Crippen molar-refractivity contribution in [1.29, 1.82) is 0 Å². The molecule has 3 heterocycles. The maximum absolute atomic E-state index is 12.8. The van der Waals surface area contributed by atoms with Crippen molar-refractivity contribution >= 4 is 11.7 Å². The molecular formula is C21H24N6O. The second-order valence-corrected chi connectivity index (χ2v) is 7.17. The molecule has 0 saturated carbocycles. The number of nitrogens with zero attached hydrogens (tertiary/aromatic N) is 6. The lowest BCUT2D eigenvalue weighted by atomic mass is 10.1. The van der Waals surface area contributed by atoms with E-state index in [4.69, 9.17) is 4.98 Å². The first kappa shape index (κ1) is 18.2. The second kappa shape index (κ2) is 7.80. The zero-order valence-corrected chi connectivity index (χ0v) is 16.2. The van der Waals surface area contributed by atoms with E-state index in [1.165, 1.54) is 5.56 Å². The van der Waals surface area contributed by atoms with Gasteiger partial charge in [0.2, 0.25) is 0 Å². The van der Waals surface area contributed by atoms with Crippen LogP contribution < -0.4 is 4.90 Å². The highest BCUT2D eigenvalue weighted by Crippen LogP contribution is 2.14. The summed E-state index contributed by atoms with van der Waals surface area (Å²) >= 11 is 0. The summed E-state index contributed by atoms with van der Waals surface area (Å²) in [6, 6.07) is 13.9.